The molecule has 4 atom stereocenters. The topological polar surface area (TPSA) is 129 Å². The summed E-state index contributed by atoms with van der Waals surface area (Å²) in [6, 6.07) is 47.7. The van der Waals surface area contributed by atoms with Crippen LogP contribution in [0.1, 0.15) is 74.6 Å². The lowest BCUT2D eigenvalue weighted by Crippen LogP contribution is -2.39. The molecule has 360 valence electrons. The number of aryl methyl sites for hydroxylation is 1. The quantitative estimate of drug-likeness (QED) is 0.0339. The van der Waals surface area contributed by atoms with Crippen LogP contribution in [0.3, 0.4) is 0 Å². The van der Waals surface area contributed by atoms with E-state index in [9.17, 15) is 10.1 Å². The van der Waals surface area contributed by atoms with Gasteiger partial charge in [0.05, 0.1) is 46.0 Å². The maximum absolute atomic E-state index is 14.3. The molecule has 0 aliphatic carbocycles. The molecule has 13 heteroatoms. The minimum Gasteiger partial charge on any atom is -0.497 e. The zero-order chi connectivity index (χ0) is 48.9. The first-order valence-electron chi connectivity index (χ1n) is 23.9. The van der Waals surface area contributed by atoms with Gasteiger partial charge in [-0.05, 0) is 113 Å². The molecule has 9 rings (SSSR count). The van der Waals surface area contributed by atoms with Gasteiger partial charge in [0.1, 0.15) is 35.2 Å². The number of nitriles is 1. The zero-order valence-corrected chi connectivity index (χ0v) is 41.7. The lowest BCUT2D eigenvalue weighted by Gasteiger charge is -2.39. The third kappa shape index (κ3) is 9.71. The monoisotopic (exact) mass is 957 g/mol. The van der Waals surface area contributed by atoms with E-state index in [1.54, 1.807) is 18.8 Å². The number of aromatic nitrogens is 2. The summed E-state index contributed by atoms with van der Waals surface area (Å²) in [6.45, 7) is 11.1. The summed E-state index contributed by atoms with van der Waals surface area (Å²) in [5, 5.41) is 20.3. The predicted molar refractivity (Wildman–Crippen MR) is 278 cm³/mol. The molecule has 0 saturated carbocycles. The van der Waals surface area contributed by atoms with Crippen molar-refractivity contribution in [3.63, 3.8) is 0 Å². The highest BCUT2D eigenvalue weighted by Gasteiger charge is 2.45. The van der Waals surface area contributed by atoms with Crippen molar-refractivity contribution < 1.29 is 28.0 Å². The fourth-order valence-corrected chi connectivity index (χ4v) is 11.7. The summed E-state index contributed by atoms with van der Waals surface area (Å²) in [4.78, 5) is 18.9. The van der Waals surface area contributed by atoms with Crippen LogP contribution in [-0.4, -0.2) is 65.9 Å². The fourth-order valence-electron chi connectivity index (χ4n) is 9.90. The van der Waals surface area contributed by atoms with E-state index in [2.05, 4.69) is 115 Å². The largest absolute Gasteiger partial charge is 0.497 e. The number of hydrogen-bond acceptors (Lipinski definition) is 11. The summed E-state index contributed by atoms with van der Waals surface area (Å²) in [6.07, 6.45) is 0.297. The van der Waals surface area contributed by atoms with Crippen molar-refractivity contribution >= 4 is 46.7 Å². The Bertz CT molecular complexity index is 3070. The Hall–Kier alpha value is -6.42. The standard InChI is InChI=1S/C57H60N5O7P/c1-37(2)62(38(3)4)70(67-32-12-31-58)69-50-33-52(61-35-39(5)55(60-56(61)63)59-34-43-20-19-42-18-17-40-13-11-14-41-21-30-49(43)54(42)53(40)41)68-51(50)36-66-57(44-15-9-8-10-16-44,45-22-26-47(64-6)27-23-45)46-24-28-48(65-7)29-25-46/h8-11,13-30,35,37-38,50-52H,12,32-34,36H2,1-7H3,(H,59,60,63)/t50-,51+,52+,70?/m0/s1. The molecular formula is C57H60N5O7P. The Morgan fingerprint density at radius 1 is 0.800 bits per heavy atom. The van der Waals surface area contributed by atoms with Crippen molar-refractivity contribution in [2.45, 2.75) is 90.1 Å². The van der Waals surface area contributed by atoms with Gasteiger partial charge in [-0.25, -0.2) is 9.46 Å². The highest BCUT2D eigenvalue weighted by Crippen LogP contribution is 2.51. The first kappa shape index (κ1) is 48.6. The van der Waals surface area contributed by atoms with Crippen LogP contribution in [0.4, 0.5) is 5.82 Å². The molecule has 0 spiro atoms. The molecule has 1 unspecified atom stereocenters. The Morgan fingerprint density at radius 2 is 1.40 bits per heavy atom. The van der Waals surface area contributed by atoms with Crippen LogP contribution in [-0.2, 0) is 30.7 Å². The van der Waals surface area contributed by atoms with Gasteiger partial charge in [0.25, 0.3) is 8.53 Å². The fraction of sp³-hybridized carbons (Fsp3) is 0.316. The number of anilines is 1. The van der Waals surface area contributed by atoms with E-state index in [1.165, 1.54) is 32.3 Å². The van der Waals surface area contributed by atoms with E-state index in [-0.39, 0.29) is 31.7 Å². The van der Waals surface area contributed by atoms with Gasteiger partial charge in [0.2, 0.25) is 0 Å². The Balaban J connectivity index is 1.06. The Morgan fingerprint density at radius 3 is 2.01 bits per heavy atom. The lowest BCUT2D eigenvalue weighted by molar-refractivity contribution is -0.0925. The van der Waals surface area contributed by atoms with Gasteiger partial charge in [-0.15, -0.1) is 0 Å². The number of nitrogens with zero attached hydrogens (tertiary/aromatic N) is 4. The highest BCUT2D eigenvalue weighted by molar-refractivity contribution is 7.44. The molecule has 0 amide bonds. The van der Waals surface area contributed by atoms with Crippen molar-refractivity contribution in [3.05, 3.63) is 178 Å². The molecule has 1 saturated heterocycles. The Labute approximate surface area is 411 Å². The minimum absolute atomic E-state index is 0.0545. The first-order chi connectivity index (χ1) is 34.0. The Kier molecular flexibility index (Phi) is 14.8. The zero-order valence-electron chi connectivity index (χ0n) is 40.8. The second-order valence-corrected chi connectivity index (χ2v) is 19.7. The molecule has 12 nitrogen and oxygen atoms in total. The molecule has 2 heterocycles. The average molecular weight is 958 g/mol. The molecule has 1 aliphatic rings. The van der Waals surface area contributed by atoms with Gasteiger partial charge < -0.3 is 33.3 Å². The number of nitrogens with one attached hydrogen (secondary N) is 1. The number of hydrogen-bond donors (Lipinski definition) is 1. The van der Waals surface area contributed by atoms with Crippen molar-refractivity contribution in [2.24, 2.45) is 0 Å². The summed E-state index contributed by atoms with van der Waals surface area (Å²) in [7, 11) is 1.60. The second-order valence-electron chi connectivity index (χ2n) is 18.3. The smallest absolute Gasteiger partial charge is 0.351 e. The SMILES string of the molecule is COc1ccc(C(OC[C@H]2O[C@@H](n3cc(C)c(NCc4ccc5ccc6cccc7ccc4c5c67)nc3=O)C[C@@H]2OP(OCCC#N)N(C(C)C)C(C)C)(c2ccccc2)c2ccc(OC)cc2)cc1. The van der Waals surface area contributed by atoms with Gasteiger partial charge in [-0.1, -0.05) is 109 Å². The molecule has 1 aliphatic heterocycles. The van der Waals surface area contributed by atoms with Crippen molar-refractivity contribution in [1.29, 1.82) is 5.26 Å². The summed E-state index contributed by atoms with van der Waals surface area (Å²) < 4.78 is 42.8. The van der Waals surface area contributed by atoms with E-state index in [0.717, 1.165) is 27.8 Å². The van der Waals surface area contributed by atoms with E-state index in [1.807, 2.05) is 79.9 Å². The van der Waals surface area contributed by atoms with Gasteiger partial charge in [0.15, 0.2) is 0 Å². The average Bonchev–Trinajstić information content (AvgIpc) is 3.78. The van der Waals surface area contributed by atoms with E-state index < -0.39 is 38.3 Å². The van der Waals surface area contributed by atoms with Crippen molar-refractivity contribution in [3.8, 4) is 17.6 Å². The van der Waals surface area contributed by atoms with E-state index >= 15 is 0 Å². The maximum Gasteiger partial charge on any atom is 0.351 e. The molecule has 7 aromatic carbocycles. The molecule has 1 N–H and O–H groups in total. The van der Waals surface area contributed by atoms with Gasteiger partial charge in [-0.3, -0.25) is 4.57 Å². The number of benzene rings is 7. The van der Waals surface area contributed by atoms with Crippen LogP contribution in [0, 0.1) is 18.3 Å². The molecule has 1 aromatic heterocycles. The number of methoxy groups -OCH3 is 2. The molecule has 1 fully saturated rings. The van der Waals surface area contributed by atoms with E-state index in [4.69, 9.17) is 28.0 Å². The van der Waals surface area contributed by atoms with Crippen LogP contribution in [0.25, 0.3) is 32.3 Å². The molecule has 0 radical (unpaired) electrons. The van der Waals surface area contributed by atoms with Crippen molar-refractivity contribution in [1.82, 2.24) is 14.2 Å². The van der Waals surface area contributed by atoms with Crippen LogP contribution in [0.2, 0.25) is 0 Å². The molecular weight excluding hydrogens is 898 g/mol. The molecule has 8 aromatic rings. The third-order valence-corrected chi connectivity index (χ3v) is 15.4. The van der Waals surface area contributed by atoms with Crippen LogP contribution in [0.15, 0.2) is 144 Å². The summed E-state index contributed by atoms with van der Waals surface area (Å²) in [5.41, 5.74) is 2.93. The van der Waals surface area contributed by atoms with Crippen LogP contribution < -0.4 is 20.5 Å². The summed E-state index contributed by atoms with van der Waals surface area (Å²) in [5.74, 6) is 1.93. The van der Waals surface area contributed by atoms with Gasteiger partial charge in [0, 0.05) is 36.8 Å². The first-order valence-corrected chi connectivity index (χ1v) is 25.0. The third-order valence-electron chi connectivity index (χ3n) is 13.2. The van der Waals surface area contributed by atoms with Crippen LogP contribution >= 0.6 is 8.53 Å². The van der Waals surface area contributed by atoms with Crippen molar-refractivity contribution in [2.75, 3.05) is 32.8 Å². The highest BCUT2D eigenvalue weighted by atomic mass is 31.2. The molecule has 0 bridgehead atoms. The normalized spacial score (nSPS) is 16.7. The number of rotatable bonds is 20. The minimum atomic E-state index is -1.69. The second kappa shape index (κ2) is 21.3. The maximum atomic E-state index is 14.3. The lowest BCUT2D eigenvalue weighted by atomic mass is 9.80. The summed E-state index contributed by atoms with van der Waals surface area (Å²) >= 11 is 0. The van der Waals surface area contributed by atoms with Gasteiger partial charge in [-0.2, -0.15) is 10.2 Å². The number of ether oxygens (including phenoxy) is 4. The predicted octanol–water partition coefficient (Wildman–Crippen LogP) is 12.0. The van der Waals surface area contributed by atoms with Gasteiger partial charge >= 0.3 is 5.69 Å². The molecule has 70 heavy (non-hydrogen) atoms. The van der Waals surface area contributed by atoms with Crippen LogP contribution in [0.5, 0.6) is 11.5 Å². The van der Waals surface area contributed by atoms with E-state index in [0.29, 0.717) is 30.3 Å².